The molecule has 0 unspecified atom stereocenters. The van der Waals surface area contributed by atoms with E-state index >= 15 is 0 Å². The number of nitrogen functional groups attached to an aromatic ring is 1. The van der Waals surface area contributed by atoms with Gasteiger partial charge in [-0.25, -0.2) is 0 Å². The molecule has 0 atom stereocenters. The molecule has 3 heteroatoms. The summed E-state index contributed by atoms with van der Waals surface area (Å²) in [6, 6.07) is 9.13. The Kier molecular flexibility index (Phi) is 2.79. The fourth-order valence-corrected chi connectivity index (χ4v) is 2.67. The van der Waals surface area contributed by atoms with E-state index in [9.17, 15) is 4.79 Å². The van der Waals surface area contributed by atoms with Crippen LogP contribution in [-0.2, 0) is 0 Å². The van der Waals surface area contributed by atoms with E-state index in [0.29, 0.717) is 11.3 Å². The van der Waals surface area contributed by atoms with Crippen molar-refractivity contribution in [2.75, 3.05) is 5.73 Å². The molecule has 16 heavy (non-hydrogen) atoms. The fraction of sp³-hybridized carbons (Fsp3) is 0.154. The second-order valence-electron chi connectivity index (χ2n) is 3.82. The molecule has 0 radical (unpaired) electrons. The summed E-state index contributed by atoms with van der Waals surface area (Å²) in [6.07, 6.45) is 0. The zero-order valence-corrected chi connectivity index (χ0v) is 10.1. The highest BCUT2D eigenvalue weighted by Gasteiger charge is 2.14. The van der Waals surface area contributed by atoms with Crippen molar-refractivity contribution in [2.45, 2.75) is 13.8 Å². The molecule has 0 spiro atoms. The van der Waals surface area contributed by atoms with Crippen LogP contribution >= 0.6 is 11.3 Å². The smallest absolute Gasteiger partial charge is 0.203 e. The molecule has 0 aliphatic heterocycles. The Morgan fingerprint density at radius 2 is 2.00 bits per heavy atom. The van der Waals surface area contributed by atoms with E-state index in [0.717, 1.165) is 15.3 Å². The molecule has 0 saturated heterocycles. The van der Waals surface area contributed by atoms with E-state index in [1.807, 2.05) is 19.9 Å². The number of nitrogens with two attached hydrogens (primary N) is 1. The molecule has 0 saturated carbocycles. The standard InChI is InChI=1S/C13H13NOS/c1-8-6-9(2)16-13(8)12(15)10-4-3-5-11(14)7-10/h3-7H,14H2,1-2H3. The first-order valence-electron chi connectivity index (χ1n) is 5.05. The van der Waals surface area contributed by atoms with Gasteiger partial charge < -0.3 is 5.73 Å². The molecular weight excluding hydrogens is 218 g/mol. The van der Waals surface area contributed by atoms with Crippen LogP contribution in [0.5, 0.6) is 0 Å². The van der Waals surface area contributed by atoms with Crippen molar-refractivity contribution < 1.29 is 4.79 Å². The zero-order valence-electron chi connectivity index (χ0n) is 9.28. The minimum atomic E-state index is 0.0582. The third-order valence-electron chi connectivity index (χ3n) is 2.40. The van der Waals surface area contributed by atoms with E-state index in [2.05, 4.69) is 0 Å². The van der Waals surface area contributed by atoms with E-state index in [1.54, 1.807) is 24.3 Å². The predicted molar refractivity (Wildman–Crippen MR) is 68.1 cm³/mol. The Morgan fingerprint density at radius 1 is 1.25 bits per heavy atom. The van der Waals surface area contributed by atoms with Gasteiger partial charge in [0.25, 0.3) is 0 Å². The maximum absolute atomic E-state index is 12.2. The van der Waals surface area contributed by atoms with Gasteiger partial charge in [0.2, 0.25) is 5.78 Å². The van der Waals surface area contributed by atoms with Crippen LogP contribution in [0.25, 0.3) is 0 Å². The molecular formula is C13H13NOS. The van der Waals surface area contributed by atoms with Gasteiger partial charge in [-0.2, -0.15) is 0 Å². The normalized spacial score (nSPS) is 10.4. The van der Waals surface area contributed by atoms with Crippen LogP contribution in [-0.4, -0.2) is 5.78 Å². The number of hydrogen-bond donors (Lipinski definition) is 1. The summed E-state index contributed by atoms with van der Waals surface area (Å²) < 4.78 is 0. The van der Waals surface area contributed by atoms with Gasteiger partial charge >= 0.3 is 0 Å². The monoisotopic (exact) mass is 231 g/mol. The van der Waals surface area contributed by atoms with E-state index < -0.39 is 0 Å². The SMILES string of the molecule is Cc1cc(C)c(C(=O)c2cccc(N)c2)s1. The molecule has 2 N–H and O–H groups in total. The Hall–Kier alpha value is -1.61. The number of rotatable bonds is 2. The lowest BCUT2D eigenvalue weighted by atomic mass is 10.1. The average Bonchev–Trinajstić information content (AvgIpc) is 2.57. The number of anilines is 1. The van der Waals surface area contributed by atoms with Gasteiger partial charge in [0, 0.05) is 16.1 Å². The molecule has 0 bridgehead atoms. The maximum atomic E-state index is 12.2. The number of carbonyl (C=O) groups is 1. The van der Waals surface area contributed by atoms with Crippen LogP contribution in [0.15, 0.2) is 30.3 Å². The molecule has 2 rings (SSSR count). The Morgan fingerprint density at radius 3 is 2.56 bits per heavy atom. The Balaban J connectivity index is 2.43. The maximum Gasteiger partial charge on any atom is 0.203 e. The van der Waals surface area contributed by atoms with Crippen molar-refractivity contribution in [2.24, 2.45) is 0 Å². The number of hydrogen-bond acceptors (Lipinski definition) is 3. The first kappa shape index (κ1) is 10.9. The Bertz CT molecular complexity index is 543. The number of ketones is 1. The summed E-state index contributed by atoms with van der Waals surface area (Å²) in [4.78, 5) is 14.2. The molecule has 2 aromatic rings. The van der Waals surface area contributed by atoms with E-state index in [-0.39, 0.29) is 5.78 Å². The van der Waals surface area contributed by atoms with Crippen molar-refractivity contribution >= 4 is 22.8 Å². The van der Waals surface area contributed by atoms with Gasteiger partial charge in [-0.1, -0.05) is 12.1 Å². The van der Waals surface area contributed by atoms with Gasteiger partial charge in [-0.15, -0.1) is 11.3 Å². The van der Waals surface area contributed by atoms with Crippen LogP contribution in [0, 0.1) is 13.8 Å². The number of thiophene rings is 1. The second kappa shape index (κ2) is 4.10. The zero-order chi connectivity index (χ0) is 11.7. The van der Waals surface area contributed by atoms with E-state index in [4.69, 9.17) is 5.73 Å². The molecule has 2 nitrogen and oxygen atoms in total. The van der Waals surface area contributed by atoms with Crippen molar-refractivity contribution in [3.05, 3.63) is 51.2 Å². The predicted octanol–water partition coefficient (Wildman–Crippen LogP) is 3.18. The third kappa shape index (κ3) is 1.99. The van der Waals surface area contributed by atoms with Crippen LogP contribution in [0.3, 0.4) is 0 Å². The van der Waals surface area contributed by atoms with Crippen LogP contribution in [0.1, 0.15) is 25.7 Å². The largest absolute Gasteiger partial charge is 0.399 e. The minimum absolute atomic E-state index is 0.0582. The van der Waals surface area contributed by atoms with Gasteiger partial charge in [0.05, 0.1) is 4.88 Å². The van der Waals surface area contributed by atoms with E-state index in [1.165, 1.54) is 11.3 Å². The lowest BCUT2D eigenvalue weighted by molar-refractivity contribution is 0.104. The number of benzene rings is 1. The highest BCUT2D eigenvalue weighted by Crippen LogP contribution is 2.24. The third-order valence-corrected chi connectivity index (χ3v) is 3.55. The van der Waals surface area contributed by atoms with Crippen molar-refractivity contribution in [3.8, 4) is 0 Å². The first-order valence-corrected chi connectivity index (χ1v) is 5.87. The molecule has 0 amide bonds. The molecule has 1 aromatic carbocycles. The Labute approximate surface area is 98.7 Å². The quantitative estimate of drug-likeness (QED) is 0.637. The van der Waals surface area contributed by atoms with Crippen LogP contribution in [0.4, 0.5) is 5.69 Å². The molecule has 82 valence electrons. The highest BCUT2D eigenvalue weighted by atomic mass is 32.1. The molecule has 1 aromatic heterocycles. The van der Waals surface area contributed by atoms with Gasteiger partial charge in [-0.05, 0) is 37.6 Å². The van der Waals surface area contributed by atoms with Crippen molar-refractivity contribution in [3.63, 3.8) is 0 Å². The molecule has 0 fully saturated rings. The molecule has 0 aliphatic rings. The molecule has 1 heterocycles. The number of carbonyl (C=O) groups excluding carboxylic acids is 1. The number of aryl methyl sites for hydroxylation is 2. The topological polar surface area (TPSA) is 43.1 Å². The van der Waals surface area contributed by atoms with Crippen LogP contribution in [0.2, 0.25) is 0 Å². The van der Waals surface area contributed by atoms with Crippen molar-refractivity contribution in [1.82, 2.24) is 0 Å². The summed E-state index contributed by atoms with van der Waals surface area (Å²) in [5.41, 5.74) is 7.99. The summed E-state index contributed by atoms with van der Waals surface area (Å²) in [5, 5.41) is 0. The van der Waals surface area contributed by atoms with Gasteiger partial charge in [0.1, 0.15) is 0 Å². The minimum Gasteiger partial charge on any atom is -0.399 e. The lowest BCUT2D eigenvalue weighted by Crippen LogP contribution is -2.01. The summed E-state index contributed by atoms with van der Waals surface area (Å²) in [6.45, 7) is 3.97. The highest BCUT2D eigenvalue weighted by molar-refractivity contribution is 7.14. The summed E-state index contributed by atoms with van der Waals surface area (Å²) >= 11 is 1.53. The first-order chi connectivity index (χ1) is 7.58. The molecule has 0 aliphatic carbocycles. The lowest BCUT2D eigenvalue weighted by Gasteiger charge is -2.00. The van der Waals surface area contributed by atoms with Gasteiger partial charge in [0.15, 0.2) is 0 Å². The average molecular weight is 231 g/mol. The van der Waals surface area contributed by atoms with Gasteiger partial charge in [-0.3, -0.25) is 4.79 Å². The fourth-order valence-electron chi connectivity index (χ4n) is 1.68. The summed E-state index contributed by atoms with van der Waals surface area (Å²) in [5.74, 6) is 0.0582. The van der Waals surface area contributed by atoms with Crippen molar-refractivity contribution in [1.29, 1.82) is 0 Å². The van der Waals surface area contributed by atoms with Crippen LogP contribution < -0.4 is 5.73 Å². The second-order valence-corrected chi connectivity index (χ2v) is 5.08. The summed E-state index contributed by atoms with van der Waals surface area (Å²) in [7, 11) is 0.